The van der Waals surface area contributed by atoms with Crippen LogP contribution in [-0.2, 0) is 16.3 Å². The van der Waals surface area contributed by atoms with E-state index in [4.69, 9.17) is 23.2 Å². The molecule has 34 heavy (non-hydrogen) atoms. The van der Waals surface area contributed by atoms with Crippen molar-refractivity contribution in [3.8, 4) is 11.8 Å². The van der Waals surface area contributed by atoms with E-state index in [0.717, 1.165) is 0 Å². The third kappa shape index (κ3) is 3.36. The number of halogens is 10. The summed E-state index contributed by atoms with van der Waals surface area (Å²) in [4.78, 5) is 12.7. The number of hydrogen-bond donors (Lipinski definition) is 0. The summed E-state index contributed by atoms with van der Waals surface area (Å²) in [5, 5.41) is 11.5. The highest BCUT2D eigenvalue weighted by Crippen LogP contribution is 2.71. The fraction of sp³-hybridized carbons (Fsp3) is 0.389. The Hall–Kier alpha value is -2.79. The Morgan fingerprint density at radius 3 is 2.06 bits per heavy atom. The van der Waals surface area contributed by atoms with Crippen molar-refractivity contribution in [2.24, 2.45) is 0 Å². The fourth-order valence-electron chi connectivity index (χ4n) is 3.81. The summed E-state index contributed by atoms with van der Waals surface area (Å²) in [6.45, 7) is -0.785. The smallest absolute Gasteiger partial charge is 0.416 e. The number of anilines is 1. The van der Waals surface area contributed by atoms with Crippen molar-refractivity contribution in [3.05, 3.63) is 39.0 Å². The summed E-state index contributed by atoms with van der Waals surface area (Å²) in [6, 6.07) is 2.05. The molecule has 2 fully saturated rings. The number of rotatable bonds is 3. The summed E-state index contributed by atoms with van der Waals surface area (Å²) < 4.78 is 115. The minimum Gasteiger partial charge on any atom is -0.447 e. The quantitative estimate of drug-likeness (QED) is 0.462. The van der Waals surface area contributed by atoms with E-state index in [2.05, 4.69) is 9.84 Å². The number of nitrogens with zero attached hydrogens (tertiary/aromatic N) is 4. The van der Waals surface area contributed by atoms with Crippen molar-refractivity contribution in [3.63, 3.8) is 0 Å². The zero-order valence-electron chi connectivity index (χ0n) is 16.2. The summed E-state index contributed by atoms with van der Waals surface area (Å²) in [5.74, 6) is -5.33. The van der Waals surface area contributed by atoms with E-state index in [9.17, 15) is 45.2 Å². The van der Waals surface area contributed by atoms with Gasteiger partial charge in [0.1, 0.15) is 24.2 Å². The first-order valence-electron chi connectivity index (χ1n) is 9.06. The van der Waals surface area contributed by atoms with Crippen LogP contribution >= 0.6 is 23.2 Å². The molecule has 182 valence electrons. The lowest BCUT2D eigenvalue weighted by molar-refractivity contribution is -0.182. The molecule has 6 nitrogen and oxygen atoms in total. The third-order valence-corrected chi connectivity index (χ3v) is 6.01. The highest BCUT2D eigenvalue weighted by Gasteiger charge is 2.86. The van der Waals surface area contributed by atoms with Gasteiger partial charge in [0.15, 0.2) is 11.1 Å². The summed E-state index contributed by atoms with van der Waals surface area (Å²) >= 11 is 11.9. The van der Waals surface area contributed by atoms with Gasteiger partial charge in [-0.1, -0.05) is 23.2 Å². The fourth-order valence-corrected chi connectivity index (χ4v) is 4.46. The number of carbonyl (C=O) groups excluding carboxylic acids is 1. The van der Waals surface area contributed by atoms with E-state index in [0.29, 0.717) is 21.7 Å². The summed E-state index contributed by atoms with van der Waals surface area (Å²) in [5.41, 5.74) is -8.33. The monoisotopic (exact) mass is 534 g/mol. The highest BCUT2D eigenvalue weighted by atomic mass is 35.5. The van der Waals surface area contributed by atoms with Crippen molar-refractivity contribution in [1.82, 2.24) is 9.78 Å². The van der Waals surface area contributed by atoms with Crippen LogP contribution in [0.2, 0.25) is 10.0 Å². The minimum absolute atomic E-state index is 0.352. The first-order valence-corrected chi connectivity index (χ1v) is 9.81. The molecule has 0 spiro atoms. The Kier molecular flexibility index (Phi) is 5.26. The Morgan fingerprint density at radius 1 is 1.12 bits per heavy atom. The van der Waals surface area contributed by atoms with Gasteiger partial charge in [-0.3, -0.25) is 4.90 Å². The molecule has 1 atom stereocenters. The molecule has 1 aliphatic heterocycles. The number of hydrogen-bond acceptors (Lipinski definition) is 4. The van der Waals surface area contributed by atoms with Crippen LogP contribution in [0.3, 0.4) is 0 Å². The SMILES string of the molecule is N#Cc1nn(-c2c(Cl)cc(C(F)(F)F)cc2Cl)c(N2CCOC2=O)c1C1(C(F)(F)F)CC1(F)F. The first-order chi connectivity index (χ1) is 15.6. The number of amides is 1. The normalized spacial score (nSPS) is 22.0. The third-order valence-electron chi connectivity index (χ3n) is 5.44. The molecule has 2 aromatic rings. The van der Waals surface area contributed by atoms with Gasteiger partial charge in [0.2, 0.25) is 0 Å². The second kappa shape index (κ2) is 7.35. The molecule has 16 heteroatoms. The van der Waals surface area contributed by atoms with Crippen LogP contribution in [0.25, 0.3) is 5.69 Å². The van der Waals surface area contributed by atoms with E-state index in [-0.39, 0.29) is 6.61 Å². The van der Waals surface area contributed by atoms with E-state index in [1.165, 1.54) is 6.07 Å². The van der Waals surface area contributed by atoms with Gasteiger partial charge in [-0.2, -0.15) is 36.7 Å². The Bertz CT molecular complexity index is 1230. The molecule has 2 aliphatic rings. The number of carbonyl (C=O) groups is 1. The van der Waals surface area contributed by atoms with Gasteiger partial charge >= 0.3 is 18.4 Å². The van der Waals surface area contributed by atoms with E-state index in [1.54, 1.807) is 0 Å². The maximum absolute atomic E-state index is 14.3. The predicted molar refractivity (Wildman–Crippen MR) is 99.3 cm³/mol. The molecule has 1 saturated heterocycles. The largest absolute Gasteiger partial charge is 0.447 e. The van der Waals surface area contributed by atoms with Gasteiger partial charge in [-0.05, 0) is 12.1 Å². The van der Waals surface area contributed by atoms with Crippen LogP contribution in [0.15, 0.2) is 12.1 Å². The molecule has 1 saturated carbocycles. The highest BCUT2D eigenvalue weighted by molar-refractivity contribution is 6.38. The van der Waals surface area contributed by atoms with Gasteiger partial charge in [0.25, 0.3) is 5.92 Å². The molecular weight excluding hydrogens is 527 g/mol. The van der Waals surface area contributed by atoms with E-state index >= 15 is 0 Å². The van der Waals surface area contributed by atoms with Crippen LogP contribution in [-0.4, -0.2) is 41.1 Å². The molecule has 2 heterocycles. The van der Waals surface area contributed by atoms with E-state index in [1.807, 2.05) is 0 Å². The van der Waals surface area contributed by atoms with Gasteiger partial charge in [0.05, 0.1) is 27.7 Å². The average molecular weight is 535 g/mol. The second-order valence-corrected chi connectivity index (χ2v) is 8.22. The van der Waals surface area contributed by atoms with Gasteiger partial charge < -0.3 is 4.74 Å². The van der Waals surface area contributed by atoms with Gasteiger partial charge in [-0.15, -0.1) is 0 Å². The van der Waals surface area contributed by atoms with Crippen LogP contribution in [0.4, 0.5) is 45.7 Å². The molecule has 1 aliphatic carbocycles. The Balaban J connectivity index is 2.08. The standard InChI is InChI=1S/C18H8Cl2F8N4O2/c19-8-3-7(17(23,24)25)4-9(20)12(8)32-13(31-1-2-34-14(31)33)11(10(5-29)30-32)15(18(26,27)28)6-16(15,21)22/h3-4H,1-2,6H2. The molecule has 0 bridgehead atoms. The second-order valence-electron chi connectivity index (χ2n) is 7.41. The zero-order valence-corrected chi connectivity index (χ0v) is 17.7. The van der Waals surface area contributed by atoms with Crippen LogP contribution < -0.4 is 4.90 Å². The Labute approximate surface area is 194 Å². The lowest BCUT2D eigenvalue weighted by atomic mass is 9.93. The van der Waals surface area contributed by atoms with Crippen molar-refractivity contribution in [2.75, 3.05) is 18.1 Å². The van der Waals surface area contributed by atoms with Crippen molar-refractivity contribution in [2.45, 2.75) is 30.1 Å². The molecule has 1 unspecified atom stereocenters. The molecular formula is C18H8Cl2F8N4O2. The number of cyclic esters (lactones) is 1. The van der Waals surface area contributed by atoms with Crippen molar-refractivity contribution in [1.29, 1.82) is 5.26 Å². The lowest BCUT2D eigenvalue weighted by Crippen LogP contribution is -2.37. The first kappa shape index (κ1) is 24.3. The molecule has 4 rings (SSSR count). The van der Waals surface area contributed by atoms with Crippen molar-refractivity contribution >= 4 is 35.1 Å². The minimum atomic E-state index is -5.60. The lowest BCUT2D eigenvalue weighted by Gasteiger charge is -2.24. The van der Waals surface area contributed by atoms with Crippen LogP contribution in [0.1, 0.15) is 23.2 Å². The topological polar surface area (TPSA) is 71.2 Å². The zero-order chi connectivity index (χ0) is 25.4. The molecule has 0 N–H and O–H groups in total. The van der Waals surface area contributed by atoms with Crippen molar-refractivity contribution < 1.29 is 44.7 Å². The van der Waals surface area contributed by atoms with E-state index < -0.39 is 81.1 Å². The van der Waals surface area contributed by atoms with Crippen LogP contribution in [0.5, 0.6) is 0 Å². The number of ether oxygens (including phenoxy) is 1. The predicted octanol–water partition coefficient (Wildman–Crippen LogP) is 5.87. The summed E-state index contributed by atoms with van der Waals surface area (Å²) in [7, 11) is 0. The number of benzene rings is 1. The number of nitriles is 1. The summed E-state index contributed by atoms with van der Waals surface area (Å²) in [6.07, 6.45) is -13.5. The van der Waals surface area contributed by atoms with Gasteiger partial charge in [-0.25, -0.2) is 18.3 Å². The number of alkyl halides is 8. The Morgan fingerprint density at radius 2 is 1.68 bits per heavy atom. The molecule has 1 aromatic heterocycles. The van der Waals surface area contributed by atoms with Gasteiger partial charge in [0, 0.05) is 6.42 Å². The number of aromatic nitrogens is 2. The van der Waals surface area contributed by atoms with Crippen LogP contribution in [0, 0.1) is 11.3 Å². The average Bonchev–Trinajstić information content (AvgIpc) is 2.98. The molecule has 0 radical (unpaired) electrons. The molecule has 1 aromatic carbocycles. The molecule has 1 amide bonds. The maximum Gasteiger partial charge on any atom is 0.416 e. The maximum atomic E-state index is 14.3.